The van der Waals surface area contributed by atoms with Crippen molar-refractivity contribution < 1.29 is 19.0 Å². The first-order chi connectivity index (χ1) is 19.0. The van der Waals surface area contributed by atoms with Gasteiger partial charge in [0, 0.05) is 71.4 Å². The lowest BCUT2D eigenvalue weighted by molar-refractivity contribution is -0.138. The molecule has 2 aromatic rings. The molecule has 214 valence electrons. The Balaban J connectivity index is 1.62. The lowest BCUT2D eigenvalue weighted by Gasteiger charge is -2.36. The monoisotopic (exact) mass is 539 g/mol. The fourth-order valence-corrected chi connectivity index (χ4v) is 5.84. The second kappa shape index (κ2) is 14.1. The van der Waals surface area contributed by atoms with Crippen molar-refractivity contribution in [3.8, 4) is 5.75 Å². The van der Waals surface area contributed by atoms with Crippen LogP contribution in [0.3, 0.4) is 0 Å². The molecule has 0 spiro atoms. The summed E-state index contributed by atoms with van der Waals surface area (Å²) in [5.74, 6) is 0.873. The molecule has 8 heteroatoms. The maximum Gasteiger partial charge on any atom is 0.250 e. The Kier molecular flexibility index (Phi) is 10.6. The van der Waals surface area contributed by atoms with Crippen LogP contribution in [0, 0.1) is 5.92 Å². The van der Waals surface area contributed by atoms with Crippen molar-refractivity contribution in [2.75, 3.05) is 47.6 Å². The van der Waals surface area contributed by atoms with Gasteiger partial charge < -0.3 is 29.0 Å². The number of methoxy groups -OCH3 is 3. The fraction of sp³-hybridized carbons (Fsp3) is 0.613. The van der Waals surface area contributed by atoms with Crippen LogP contribution in [-0.2, 0) is 40.7 Å². The molecule has 4 rings (SSSR count). The summed E-state index contributed by atoms with van der Waals surface area (Å²) in [6.45, 7) is 3.40. The molecule has 1 aliphatic carbocycles. The van der Waals surface area contributed by atoms with Crippen molar-refractivity contribution >= 4 is 5.91 Å². The Morgan fingerprint density at radius 1 is 1.03 bits per heavy atom. The summed E-state index contributed by atoms with van der Waals surface area (Å²) in [6, 6.07) is 8.42. The number of nitrogens with one attached hydrogen (secondary N) is 1. The quantitative estimate of drug-likeness (QED) is 0.371. The third kappa shape index (κ3) is 7.50. The molecule has 8 nitrogen and oxygen atoms in total. The molecule has 0 bridgehead atoms. The van der Waals surface area contributed by atoms with Crippen LogP contribution in [0.1, 0.15) is 60.3 Å². The van der Waals surface area contributed by atoms with E-state index >= 15 is 0 Å². The number of aryl methyl sites for hydroxylation is 3. The Morgan fingerprint density at radius 3 is 2.41 bits per heavy atom. The zero-order valence-corrected chi connectivity index (χ0v) is 24.0. The van der Waals surface area contributed by atoms with Crippen LogP contribution in [0.5, 0.6) is 5.75 Å². The second-order valence-electron chi connectivity index (χ2n) is 11.0. The second-order valence-corrected chi connectivity index (χ2v) is 11.0. The predicted octanol–water partition coefficient (Wildman–Crippen LogP) is 3.44. The number of aromatic nitrogens is 1. The molecule has 1 saturated carbocycles. The Hall–Kier alpha value is -2.68. The zero-order valence-electron chi connectivity index (χ0n) is 24.0. The van der Waals surface area contributed by atoms with Gasteiger partial charge >= 0.3 is 0 Å². The van der Waals surface area contributed by atoms with Gasteiger partial charge in [0.15, 0.2) is 0 Å². The standard InChI is InChI=1S/C31H45N3O5/c1-33-14-12-23(19-29(33)35)27-11-13-32-20-28(27)31(36)34(26-9-10-26)21-25-18-22(7-5-15-37-2)17-24(30(25)39-4)8-6-16-38-3/h12,14,17-19,26-28,32H,5-11,13,15-16,20-21H2,1-4H3/t27-,28?/m1/s1. The van der Waals surface area contributed by atoms with Crippen molar-refractivity contribution in [3.63, 3.8) is 0 Å². The number of piperidine rings is 1. The summed E-state index contributed by atoms with van der Waals surface area (Å²) in [7, 11) is 6.94. The molecule has 1 amide bonds. The number of hydrogen-bond donors (Lipinski definition) is 1. The van der Waals surface area contributed by atoms with Crippen LogP contribution >= 0.6 is 0 Å². The summed E-state index contributed by atoms with van der Waals surface area (Å²) in [5, 5.41) is 3.44. The summed E-state index contributed by atoms with van der Waals surface area (Å²) < 4.78 is 18.1. The van der Waals surface area contributed by atoms with Crippen LogP contribution in [0.4, 0.5) is 0 Å². The van der Waals surface area contributed by atoms with Crippen LogP contribution in [0.2, 0.25) is 0 Å². The number of benzene rings is 1. The van der Waals surface area contributed by atoms with E-state index in [-0.39, 0.29) is 29.3 Å². The maximum absolute atomic E-state index is 14.2. The normalized spacial score (nSPS) is 19.2. The van der Waals surface area contributed by atoms with Gasteiger partial charge in [0.1, 0.15) is 5.75 Å². The summed E-state index contributed by atoms with van der Waals surface area (Å²) >= 11 is 0. The van der Waals surface area contributed by atoms with Crippen LogP contribution in [-0.4, -0.2) is 69.0 Å². The van der Waals surface area contributed by atoms with E-state index in [4.69, 9.17) is 14.2 Å². The number of amides is 1. The molecule has 2 heterocycles. The average Bonchev–Trinajstić information content (AvgIpc) is 3.78. The van der Waals surface area contributed by atoms with E-state index in [1.165, 1.54) is 11.1 Å². The lowest BCUT2D eigenvalue weighted by Crippen LogP contribution is -2.47. The number of nitrogens with zero attached hydrogens (tertiary/aromatic N) is 2. The van der Waals surface area contributed by atoms with Gasteiger partial charge in [-0.05, 0) is 80.2 Å². The molecule has 1 aliphatic heterocycles. The summed E-state index contributed by atoms with van der Waals surface area (Å²) in [5.41, 5.74) is 4.41. The van der Waals surface area contributed by atoms with Gasteiger partial charge in [0.05, 0.1) is 13.0 Å². The van der Waals surface area contributed by atoms with Crippen LogP contribution in [0.15, 0.2) is 35.3 Å². The van der Waals surface area contributed by atoms with E-state index in [9.17, 15) is 9.59 Å². The topological polar surface area (TPSA) is 82.0 Å². The predicted molar refractivity (Wildman–Crippen MR) is 152 cm³/mol. The van der Waals surface area contributed by atoms with Crippen molar-refractivity contribution in [3.05, 3.63) is 63.1 Å². The van der Waals surface area contributed by atoms with Crippen molar-refractivity contribution in [1.29, 1.82) is 0 Å². The first-order valence-corrected chi connectivity index (χ1v) is 14.3. The van der Waals surface area contributed by atoms with Crippen LogP contribution in [0.25, 0.3) is 0 Å². The molecule has 2 atom stereocenters. The van der Waals surface area contributed by atoms with E-state index in [0.717, 1.165) is 68.4 Å². The number of carbonyl (C=O) groups excluding carboxylic acids is 1. The Labute approximate surface area is 232 Å². The van der Waals surface area contributed by atoms with Gasteiger partial charge in [0.25, 0.3) is 5.56 Å². The van der Waals surface area contributed by atoms with Gasteiger partial charge in [-0.25, -0.2) is 0 Å². The Bertz CT molecular complexity index is 1160. The highest BCUT2D eigenvalue weighted by Gasteiger charge is 2.40. The SMILES string of the molecule is COCCCc1cc(CCCOC)c(OC)c(CN(C(=O)C2CNCC[C@@H]2c2ccn(C)c(=O)c2)C2CC2)c1. The fourth-order valence-electron chi connectivity index (χ4n) is 5.84. The molecule has 39 heavy (non-hydrogen) atoms. The number of rotatable bonds is 14. The van der Waals surface area contributed by atoms with E-state index < -0.39 is 0 Å². The van der Waals surface area contributed by atoms with E-state index in [2.05, 4.69) is 22.3 Å². The highest BCUT2D eigenvalue weighted by atomic mass is 16.5. The van der Waals surface area contributed by atoms with Crippen molar-refractivity contribution in [2.45, 2.75) is 63.5 Å². The lowest BCUT2D eigenvalue weighted by atomic mass is 9.80. The van der Waals surface area contributed by atoms with E-state index in [1.54, 1.807) is 39.0 Å². The number of pyridine rings is 1. The molecule has 0 radical (unpaired) electrons. The molecule has 1 aromatic heterocycles. The minimum Gasteiger partial charge on any atom is -0.496 e. The van der Waals surface area contributed by atoms with Crippen LogP contribution < -0.4 is 15.6 Å². The van der Waals surface area contributed by atoms with E-state index in [0.29, 0.717) is 26.3 Å². The van der Waals surface area contributed by atoms with Gasteiger partial charge in [-0.15, -0.1) is 0 Å². The molecule has 2 fully saturated rings. The zero-order chi connectivity index (χ0) is 27.8. The third-order valence-corrected chi connectivity index (χ3v) is 8.08. The summed E-state index contributed by atoms with van der Waals surface area (Å²) in [4.78, 5) is 28.7. The number of hydrogen-bond acceptors (Lipinski definition) is 6. The van der Waals surface area contributed by atoms with Crippen molar-refractivity contribution in [1.82, 2.24) is 14.8 Å². The molecule has 1 unspecified atom stereocenters. The van der Waals surface area contributed by atoms with Gasteiger partial charge in [-0.2, -0.15) is 0 Å². The molecular weight excluding hydrogens is 494 g/mol. The van der Waals surface area contributed by atoms with Gasteiger partial charge in [-0.3, -0.25) is 9.59 Å². The molecule has 1 aromatic carbocycles. The molecule has 1 saturated heterocycles. The maximum atomic E-state index is 14.2. The third-order valence-electron chi connectivity index (χ3n) is 8.08. The number of carbonyl (C=O) groups is 1. The molecule has 1 N–H and O–H groups in total. The number of ether oxygens (including phenoxy) is 3. The highest BCUT2D eigenvalue weighted by molar-refractivity contribution is 5.81. The largest absolute Gasteiger partial charge is 0.496 e. The Morgan fingerprint density at radius 2 is 1.74 bits per heavy atom. The van der Waals surface area contributed by atoms with Gasteiger partial charge in [0.2, 0.25) is 5.91 Å². The summed E-state index contributed by atoms with van der Waals surface area (Å²) in [6.07, 6.45) is 8.32. The first kappa shape index (κ1) is 29.3. The van der Waals surface area contributed by atoms with Gasteiger partial charge in [-0.1, -0.05) is 12.1 Å². The molecular formula is C31H45N3O5. The smallest absolute Gasteiger partial charge is 0.250 e. The van der Waals surface area contributed by atoms with Crippen molar-refractivity contribution in [2.24, 2.45) is 13.0 Å². The first-order valence-electron chi connectivity index (χ1n) is 14.3. The molecule has 2 aliphatic rings. The minimum atomic E-state index is -0.205. The minimum absolute atomic E-state index is 0.0285. The van der Waals surface area contributed by atoms with E-state index in [1.807, 2.05) is 12.3 Å². The highest BCUT2D eigenvalue weighted by Crippen LogP contribution is 2.37. The average molecular weight is 540 g/mol.